The number of nitrogens with zero attached hydrogens (tertiary/aromatic N) is 3. The van der Waals surface area contributed by atoms with E-state index in [9.17, 15) is 14.0 Å². The quantitative estimate of drug-likeness (QED) is 0.687. The molecule has 8 heteroatoms. The van der Waals surface area contributed by atoms with E-state index in [1.165, 1.54) is 22.9 Å². The molecule has 0 spiro atoms. The summed E-state index contributed by atoms with van der Waals surface area (Å²) in [4.78, 5) is 27.0. The molecule has 2 aromatic carbocycles. The molecule has 2 heterocycles. The average Bonchev–Trinajstić information content (AvgIpc) is 2.76. The number of halogens is 2. The molecule has 0 bridgehead atoms. The van der Waals surface area contributed by atoms with Crippen molar-refractivity contribution in [2.24, 2.45) is 5.92 Å². The first kappa shape index (κ1) is 20.1. The fourth-order valence-electron chi connectivity index (χ4n) is 3.56. The number of aromatic nitrogens is 2. The molecule has 1 fully saturated rings. The molecule has 3 aromatic rings. The third-order valence-electron chi connectivity index (χ3n) is 5.09. The summed E-state index contributed by atoms with van der Waals surface area (Å²) in [7, 11) is 0. The first-order valence-corrected chi connectivity index (χ1v) is 10.1. The molecular formula is C22H20ClFN4O2. The van der Waals surface area contributed by atoms with E-state index in [4.69, 9.17) is 11.6 Å². The summed E-state index contributed by atoms with van der Waals surface area (Å²) < 4.78 is 15.1. The zero-order chi connectivity index (χ0) is 21.1. The highest BCUT2D eigenvalue weighted by Gasteiger charge is 2.27. The number of carbonyl (C=O) groups excluding carboxylic acids is 1. The van der Waals surface area contributed by atoms with Crippen molar-refractivity contribution >= 4 is 29.0 Å². The van der Waals surface area contributed by atoms with Crippen LogP contribution in [-0.4, -0.2) is 28.8 Å². The Morgan fingerprint density at radius 2 is 1.97 bits per heavy atom. The van der Waals surface area contributed by atoms with Crippen molar-refractivity contribution < 1.29 is 9.18 Å². The van der Waals surface area contributed by atoms with Gasteiger partial charge in [0.25, 0.3) is 5.56 Å². The summed E-state index contributed by atoms with van der Waals surface area (Å²) in [5.41, 5.74) is 0.472. The summed E-state index contributed by atoms with van der Waals surface area (Å²) in [6.07, 6.45) is 1.48. The van der Waals surface area contributed by atoms with Crippen molar-refractivity contribution in [1.29, 1.82) is 0 Å². The number of rotatable bonds is 4. The van der Waals surface area contributed by atoms with Crippen LogP contribution < -0.4 is 15.8 Å². The lowest BCUT2D eigenvalue weighted by Gasteiger charge is -2.33. The van der Waals surface area contributed by atoms with Gasteiger partial charge in [-0.15, -0.1) is 5.10 Å². The summed E-state index contributed by atoms with van der Waals surface area (Å²) in [5, 5.41) is 7.66. The standard InChI is InChI=1S/C22H20ClFN4O2/c23-16-6-3-7-17(13-16)28-21(29)11-10-20(26-28)27-12-4-5-15(14-27)22(30)25-19-9-2-1-8-18(19)24/h1-3,6-11,13,15H,4-5,12,14H2,(H,25,30). The van der Waals surface area contributed by atoms with Gasteiger partial charge >= 0.3 is 0 Å². The minimum Gasteiger partial charge on any atom is -0.354 e. The van der Waals surface area contributed by atoms with Crippen LogP contribution in [-0.2, 0) is 4.79 Å². The Morgan fingerprint density at radius 1 is 1.13 bits per heavy atom. The van der Waals surface area contributed by atoms with E-state index in [0.717, 1.165) is 6.42 Å². The number of piperidine rings is 1. The third-order valence-corrected chi connectivity index (χ3v) is 5.32. The molecule has 30 heavy (non-hydrogen) atoms. The van der Waals surface area contributed by atoms with Gasteiger partial charge < -0.3 is 10.2 Å². The Balaban J connectivity index is 1.53. The molecule has 1 atom stereocenters. The van der Waals surface area contributed by atoms with Gasteiger partial charge in [-0.1, -0.05) is 29.8 Å². The van der Waals surface area contributed by atoms with Crippen molar-refractivity contribution in [3.05, 3.63) is 81.9 Å². The highest BCUT2D eigenvalue weighted by molar-refractivity contribution is 6.30. The normalized spacial score (nSPS) is 16.3. The summed E-state index contributed by atoms with van der Waals surface area (Å²) >= 11 is 6.04. The van der Waals surface area contributed by atoms with E-state index in [1.807, 2.05) is 4.90 Å². The first-order chi connectivity index (χ1) is 14.5. The molecule has 0 radical (unpaired) electrons. The highest BCUT2D eigenvalue weighted by atomic mass is 35.5. The van der Waals surface area contributed by atoms with Gasteiger partial charge in [-0.05, 0) is 49.2 Å². The van der Waals surface area contributed by atoms with Gasteiger partial charge in [0.2, 0.25) is 5.91 Å². The third kappa shape index (κ3) is 4.36. The van der Waals surface area contributed by atoms with Crippen LogP contribution >= 0.6 is 11.6 Å². The minimum absolute atomic E-state index is 0.173. The van der Waals surface area contributed by atoms with Crippen molar-refractivity contribution in [3.8, 4) is 5.69 Å². The molecule has 1 aliphatic rings. The molecule has 1 N–H and O–H groups in total. The SMILES string of the molecule is O=C(Nc1ccccc1F)C1CCCN(c2ccc(=O)n(-c3cccc(Cl)c3)n2)C1. The van der Waals surface area contributed by atoms with Crippen molar-refractivity contribution in [3.63, 3.8) is 0 Å². The van der Waals surface area contributed by atoms with Crippen LogP contribution in [0.5, 0.6) is 0 Å². The van der Waals surface area contributed by atoms with Gasteiger partial charge in [0, 0.05) is 24.2 Å². The number of hydrogen-bond acceptors (Lipinski definition) is 4. The fraction of sp³-hybridized carbons (Fsp3) is 0.227. The number of carbonyl (C=O) groups is 1. The second-order valence-corrected chi connectivity index (χ2v) is 7.61. The highest BCUT2D eigenvalue weighted by Crippen LogP contribution is 2.23. The lowest BCUT2D eigenvalue weighted by molar-refractivity contribution is -0.120. The molecule has 154 valence electrons. The molecule has 4 rings (SSSR count). The monoisotopic (exact) mass is 426 g/mol. The Bertz CT molecular complexity index is 1130. The van der Waals surface area contributed by atoms with Gasteiger partial charge in [-0.25, -0.2) is 4.39 Å². The predicted molar refractivity (Wildman–Crippen MR) is 115 cm³/mol. The molecule has 1 aliphatic heterocycles. The molecule has 1 unspecified atom stereocenters. The Hall–Kier alpha value is -3.19. The van der Waals surface area contributed by atoms with E-state index in [2.05, 4.69) is 10.4 Å². The van der Waals surface area contributed by atoms with Crippen LogP contribution in [0.15, 0.2) is 65.5 Å². The maximum absolute atomic E-state index is 13.9. The topological polar surface area (TPSA) is 67.2 Å². The number of amides is 1. The molecule has 1 saturated heterocycles. The number of benzene rings is 2. The minimum atomic E-state index is -0.464. The summed E-state index contributed by atoms with van der Waals surface area (Å²) in [5.74, 6) is -0.411. The molecule has 1 aromatic heterocycles. The van der Waals surface area contributed by atoms with E-state index in [0.29, 0.717) is 36.0 Å². The van der Waals surface area contributed by atoms with E-state index in [1.54, 1.807) is 42.5 Å². The van der Waals surface area contributed by atoms with Crippen LogP contribution in [0, 0.1) is 11.7 Å². The van der Waals surface area contributed by atoms with Crippen molar-refractivity contribution in [2.75, 3.05) is 23.3 Å². The molecule has 0 saturated carbocycles. The molecule has 0 aliphatic carbocycles. The lowest BCUT2D eigenvalue weighted by Crippen LogP contribution is -2.42. The van der Waals surface area contributed by atoms with Gasteiger partial charge in [0.05, 0.1) is 17.3 Å². The Kier molecular flexibility index (Phi) is 5.81. The van der Waals surface area contributed by atoms with Gasteiger partial charge in [0.15, 0.2) is 0 Å². The fourth-order valence-corrected chi connectivity index (χ4v) is 3.74. The number of para-hydroxylation sites is 1. The van der Waals surface area contributed by atoms with Gasteiger partial charge in [0.1, 0.15) is 11.6 Å². The zero-order valence-electron chi connectivity index (χ0n) is 16.1. The number of hydrogen-bond donors (Lipinski definition) is 1. The maximum atomic E-state index is 13.9. The van der Waals surface area contributed by atoms with Crippen LogP contribution in [0.3, 0.4) is 0 Å². The van der Waals surface area contributed by atoms with Gasteiger partial charge in [-0.3, -0.25) is 9.59 Å². The van der Waals surface area contributed by atoms with Crippen molar-refractivity contribution in [2.45, 2.75) is 12.8 Å². The largest absolute Gasteiger partial charge is 0.354 e. The summed E-state index contributed by atoms with van der Waals surface area (Å²) in [6, 6.07) is 16.1. The van der Waals surface area contributed by atoms with E-state index >= 15 is 0 Å². The molecule has 6 nitrogen and oxygen atoms in total. The first-order valence-electron chi connectivity index (χ1n) is 9.68. The summed E-state index contributed by atoms with van der Waals surface area (Å²) in [6.45, 7) is 1.14. The second-order valence-electron chi connectivity index (χ2n) is 7.18. The Morgan fingerprint density at radius 3 is 2.77 bits per heavy atom. The molecular weight excluding hydrogens is 407 g/mol. The smallest absolute Gasteiger partial charge is 0.271 e. The van der Waals surface area contributed by atoms with Gasteiger partial charge in [-0.2, -0.15) is 4.68 Å². The van der Waals surface area contributed by atoms with Crippen LogP contribution in [0.4, 0.5) is 15.9 Å². The van der Waals surface area contributed by atoms with Crippen LogP contribution in [0.1, 0.15) is 12.8 Å². The average molecular weight is 427 g/mol. The predicted octanol–water partition coefficient (Wildman–Crippen LogP) is 3.88. The van der Waals surface area contributed by atoms with Crippen LogP contribution in [0.2, 0.25) is 5.02 Å². The van der Waals surface area contributed by atoms with E-state index in [-0.39, 0.29) is 23.1 Å². The molecule has 1 amide bonds. The zero-order valence-corrected chi connectivity index (χ0v) is 16.8. The van der Waals surface area contributed by atoms with Crippen LogP contribution in [0.25, 0.3) is 5.69 Å². The maximum Gasteiger partial charge on any atom is 0.271 e. The van der Waals surface area contributed by atoms with E-state index < -0.39 is 5.82 Å². The number of nitrogens with one attached hydrogen (secondary N) is 1. The number of anilines is 2. The van der Waals surface area contributed by atoms with Crippen molar-refractivity contribution in [1.82, 2.24) is 9.78 Å². The Labute approximate surface area is 177 Å². The second kappa shape index (κ2) is 8.67. The lowest BCUT2D eigenvalue weighted by atomic mass is 9.97.